The van der Waals surface area contributed by atoms with Crippen molar-refractivity contribution < 1.29 is 13.2 Å². The summed E-state index contributed by atoms with van der Waals surface area (Å²) in [5.41, 5.74) is 7.12. The molecule has 4 N–H and O–H groups in total. The first-order chi connectivity index (χ1) is 12.0. The number of nitrogens with two attached hydrogens (primary N) is 1. The van der Waals surface area contributed by atoms with Crippen LogP contribution < -0.4 is 16.4 Å². The van der Waals surface area contributed by atoms with Crippen LogP contribution in [0, 0.1) is 0 Å². The van der Waals surface area contributed by atoms with Gasteiger partial charge in [0, 0.05) is 19.0 Å². The normalized spacial score (nSPS) is 16.1. The van der Waals surface area contributed by atoms with Crippen LogP contribution in [-0.4, -0.2) is 33.3 Å². The topological polar surface area (TPSA) is 114 Å². The first-order valence-corrected chi connectivity index (χ1v) is 9.19. The van der Waals surface area contributed by atoms with Crippen molar-refractivity contribution in [2.75, 3.05) is 18.4 Å². The zero-order valence-corrected chi connectivity index (χ0v) is 14.2. The molecule has 130 valence electrons. The lowest BCUT2D eigenvalue weighted by Crippen LogP contribution is -2.40. The fraction of sp³-hybridized carbons (Fsp3) is 0.176. The Balaban J connectivity index is 1.73. The summed E-state index contributed by atoms with van der Waals surface area (Å²) in [5.74, 6) is -0.909. The van der Waals surface area contributed by atoms with Gasteiger partial charge in [-0.2, -0.15) is 8.42 Å². The van der Waals surface area contributed by atoms with Crippen molar-refractivity contribution >= 4 is 27.5 Å². The van der Waals surface area contributed by atoms with Gasteiger partial charge in [0.05, 0.1) is 5.69 Å². The lowest BCUT2D eigenvalue weighted by Gasteiger charge is -2.19. The number of carbonyl (C=O) groups is 1. The van der Waals surface area contributed by atoms with Crippen molar-refractivity contribution in [2.45, 2.75) is 10.8 Å². The van der Waals surface area contributed by atoms with Gasteiger partial charge in [-0.25, -0.2) is 0 Å². The fourth-order valence-corrected chi connectivity index (χ4v) is 3.69. The molecule has 0 radical (unpaired) electrons. The van der Waals surface area contributed by atoms with Gasteiger partial charge in [-0.15, -0.1) is 4.40 Å². The lowest BCUT2D eigenvalue weighted by atomic mass is 9.99. The highest BCUT2D eigenvalue weighted by molar-refractivity contribution is 7.90. The van der Waals surface area contributed by atoms with Gasteiger partial charge < -0.3 is 16.4 Å². The number of anilines is 1. The molecule has 0 saturated carbocycles. The van der Waals surface area contributed by atoms with Gasteiger partial charge in [-0.1, -0.05) is 42.5 Å². The molecule has 1 aliphatic rings. The van der Waals surface area contributed by atoms with E-state index in [0.29, 0.717) is 12.2 Å². The van der Waals surface area contributed by atoms with Crippen LogP contribution >= 0.6 is 0 Å². The number of benzene rings is 2. The van der Waals surface area contributed by atoms with E-state index in [4.69, 9.17) is 5.73 Å². The number of nitrogens with one attached hydrogen (secondary N) is 2. The third-order valence-electron chi connectivity index (χ3n) is 3.91. The standard InChI is InChI=1S/C17H18N4O3S/c18-10-13(12-6-2-1-3-7-12)11-19-17(22)16-20-14-8-4-5-9-15(14)25(23,24)21-16/h1-9,13H,10-11,18H2,(H,19,22)(H,20,21). The Kier molecular flexibility index (Phi) is 4.82. The minimum Gasteiger partial charge on any atom is -0.349 e. The zero-order valence-electron chi connectivity index (χ0n) is 13.3. The molecule has 8 heteroatoms. The van der Waals surface area contributed by atoms with E-state index in [1.165, 1.54) is 6.07 Å². The van der Waals surface area contributed by atoms with E-state index in [1.807, 2.05) is 30.3 Å². The summed E-state index contributed by atoms with van der Waals surface area (Å²) >= 11 is 0. The lowest BCUT2D eigenvalue weighted by molar-refractivity contribution is -0.114. The summed E-state index contributed by atoms with van der Waals surface area (Å²) < 4.78 is 27.9. The van der Waals surface area contributed by atoms with Gasteiger partial charge in [0.1, 0.15) is 4.90 Å². The quantitative estimate of drug-likeness (QED) is 0.739. The number of hydrogen-bond acceptors (Lipinski definition) is 5. The van der Waals surface area contributed by atoms with Crippen LogP contribution in [0.1, 0.15) is 11.5 Å². The van der Waals surface area contributed by atoms with Crippen molar-refractivity contribution in [3.05, 3.63) is 60.2 Å². The van der Waals surface area contributed by atoms with Crippen molar-refractivity contribution in [3.63, 3.8) is 0 Å². The third kappa shape index (κ3) is 3.70. The number of para-hydroxylation sites is 1. The molecule has 1 atom stereocenters. The summed E-state index contributed by atoms with van der Waals surface area (Å²) in [4.78, 5) is 12.4. The second kappa shape index (κ2) is 7.04. The van der Waals surface area contributed by atoms with E-state index in [9.17, 15) is 13.2 Å². The van der Waals surface area contributed by atoms with E-state index in [0.717, 1.165) is 5.56 Å². The Morgan fingerprint density at radius 1 is 1.12 bits per heavy atom. The molecule has 1 amide bonds. The Bertz CT molecular complexity index is 911. The molecular weight excluding hydrogens is 340 g/mol. The van der Waals surface area contributed by atoms with E-state index in [2.05, 4.69) is 15.0 Å². The second-order valence-corrected chi connectivity index (χ2v) is 7.16. The van der Waals surface area contributed by atoms with Crippen molar-refractivity contribution in [1.29, 1.82) is 0 Å². The Labute approximate surface area is 146 Å². The molecule has 0 aliphatic carbocycles. The van der Waals surface area contributed by atoms with Gasteiger partial charge in [-0.05, 0) is 17.7 Å². The van der Waals surface area contributed by atoms with Crippen LogP contribution in [0.2, 0.25) is 0 Å². The largest absolute Gasteiger partial charge is 0.349 e. The summed E-state index contributed by atoms with van der Waals surface area (Å²) in [6, 6.07) is 15.9. The number of amidine groups is 1. The van der Waals surface area contributed by atoms with Gasteiger partial charge in [0.25, 0.3) is 15.9 Å². The molecule has 0 saturated heterocycles. The summed E-state index contributed by atoms with van der Waals surface area (Å²) in [5, 5.41) is 5.46. The van der Waals surface area contributed by atoms with Crippen LogP contribution in [0.25, 0.3) is 0 Å². The highest BCUT2D eigenvalue weighted by atomic mass is 32.2. The van der Waals surface area contributed by atoms with E-state index < -0.39 is 15.9 Å². The van der Waals surface area contributed by atoms with Crippen LogP contribution in [0.15, 0.2) is 63.9 Å². The van der Waals surface area contributed by atoms with Crippen molar-refractivity contribution in [3.8, 4) is 0 Å². The predicted molar refractivity (Wildman–Crippen MR) is 95.9 cm³/mol. The predicted octanol–water partition coefficient (Wildman–Crippen LogP) is 1.06. The summed E-state index contributed by atoms with van der Waals surface area (Å²) in [6.45, 7) is 0.632. The molecule has 1 aliphatic heterocycles. The Morgan fingerprint density at radius 2 is 1.80 bits per heavy atom. The molecule has 1 unspecified atom stereocenters. The Hall–Kier alpha value is -2.71. The van der Waals surface area contributed by atoms with Crippen LogP contribution in [0.4, 0.5) is 5.69 Å². The number of amides is 1. The van der Waals surface area contributed by atoms with Crippen LogP contribution in [0.3, 0.4) is 0 Å². The number of sulfonamides is 1. The van der Waals surface area contributed by atoms with E-state index in [-0.39, 0.29) is 23.2 Å². The summed E-state index contributed by atoms with van der Waals surface area (Å²) in [6.07, 6.45) is 0. The van der Waals surface area contributed by atoms with E-state index in [1.54, 1.807) is 18.2 Å². The minimum absolute atomic E-state index is 0.0515. The molecular formula is C17H18N4O3S. The average molecular weight is 358 g/mol. The molecule has 3 rings (SSSR count). The first kappa shape index (κ1) is 17.1. The second-order valence-electron chi connectivity index (χ2n) is 5.59. The number of hydrogen-bond donors (Lipinski definition) is 3. The molecule has 0 aromatic heterocycles. The molecule has 2 aromatic carbocycles. The number of nitrogens with zero attached hydrogens (tertiary/aromatic N) is 1. The van der Waals surface area contributed by atoms with E-state index >= 15 is 0 Å². The monoisotopic (exact) mass is 358 g/mol. The van der Waals surface area contributed by atoms with Crippen LogP contribution in [-0.2, 0) is 14.8 Å². The zero-order chi connectivity index (χ0) is 17.9. The molecule has 25 heavy (non-hydrogen) atoms. The van der Waals surface area contributed by atoms with Crippen LogP contribution in [0.5, 0.6) is 0 Å². The molecule has 0 bridgehead atoms. The molecule has 0 fully saturated rings. The average Bonchev–Trinajstić information content (AvgIpc) is 2.62. The van der Waals surface area contributed by atoms with Crippen molar-refractivity contribution in [2.24, 2.45) is 10.1 Å². The van der Waals surface area contributed by atoms with Gasteiger partial charge in [0.2, 0.25) is 5.84 Å². The smallest absolute Gasteiger partial charge is 0.287 e. The fourth-order valence-electron chi connectivity index (χ4n) is 2.57. The molecule has 2 aromatic rings. The number of fused-ring (bicyclic) bond motifs is 1. The maximum atomic E-state index is 12.3. The highest BCUT2D eigenvalue weighted by Gasteiger charge is 2.27. The SMILES string of the molecule is NCC(CNC(=O)C1=NS(=O)(=O)c2ccccc2N1)c1ccccc1. The third-order valence-corrected chi connectivity index (χ3v) is 5.24. The maximum absolute atomic E-state index is 12.3. The molecule has 0 spiro atoms. The number of carbonyl (C=O) groups excluding carboxylic acids is 1. The Morgan fingerprint density at radius 3 is 2.52 bits per heavy atom. The molecule has 1 heterocycles. The van der Waals surface area contributed by atoms with Gasteiger partial charge in [-0.3, -0.25) is 4.79 Å². The first-order valence-electron chi connectivity index (χ1n) is 7.75. The number of rotatable bonds is 5. The maximum Gasteiger partial charge on any atom is 0.287 e. The van der Waals surface area contributed by atoms with Gasteiger partial charge in [0.15, 0.2) is 0 Å². The minimum atomic E-state index is -3.89. The summed E-state index contributed by atoms with van der Waals surface area (Å²) in [7, 11) is -3.89. The van der Waals surface area contributed by atoms with Gasteiger partial charge >= 0.3 is 0 Å². The van der Waals surface area contributed by atoms with Crippen molar-refractivity contribution in [1.82, 2.24) is 5.32 Å². The molecule has 7 nitrogen and oxygen atoms in total. The highest BCUT2D eigenvalue weighted by Crippen LogP contribution is 2.26.